The fourth-order valence-corrected chi connectivity index (χ4v) is 4.46. The molecule has 0 atom stereocenters. The van der Waals surface area contributed by atoms with E-state index in [9.17, 15) is 8.42 Å². The molecule has 1 heterocycles. The van der Waals surface area contributed by atoms with Crippen LogP contribution in [0.1, 0.15) is 56.6 Å². The average molecular weight is 428 g/mol. The van der Waals surface area contributed by atoms with Gasteiger partial charge >= 0.3 is 0 Å². The molecule has 0 saturated carbocycles. The lowest BCUT2D eigenvalue weighted by molar-refractivity contribution is -0.696. The lowest BCUT2D eigenvalue weighted by atomic mass is 10.1. The normalized spacial score (nSPS) is 11.2. The van der Waals surface area contributed by atoms with E-state index in [1.807, 2.05) is 38.2 Å². The quantitative estimate of drug-likeness (QED) is 0.408. The van der Waals surface area contributed by atoms with Crippen LogP contribution in [0.4, 0.5) is 5.69 Å². The van der Waals surface area contributed by atoms with Gasteiger partial charge in [0.1, 0.15) is 12.4 Å². The summed E-state index contributed by atoms with van der Waals surface area (Å²) in [4.78, 5) is 0. The predicted octanol–water partition coefficient (Wildman–Crippen LogP) is 1.20. The Kier molecular flexibility index (Phi) is 10.6. The van der Waals surface area contributed by atoms with Gasteiger partial charge in [0.15, 0.2) is 0 Å². The first kappa shape index (κ1) is 24.5. The Morgan fingerprint density at radius 3 is 2.39 bits per heavy atom. The molecule has 7 heteroatoms. The number of sulfonamides is 1. The molecular formula is C21H34ClN3O2S. The summed E-state index contributed by atoms with van der Waals surface area (Å²) in [5, 5.41) is 0. The number of halogens is 1. The van der Waals surface area contributed by atoms with Crippen LogP contribution in [0.3, 0.4) is 0 Å². The molecule has 2 aromatic rings. The molecule has 1 aromatic heterocycles. The summed E-state index contributed by atoms with van der Waals surface area (Å²) in [5.41, 5.74) is 2.60. The largest absolute Gasteiger partial charge is 1.00 e. The number of nitrogens with one attached hydrogen (secondary N) is 1. The van der Waals surface area contributed by atoms with E-state index in [1.54, 1.807) is 0 Å². The maximum atomic E-state index is 12.4. The van der Waals surface area contributed by atoms with Crippen LogP contribution in [0.15, 0.2) is 36.9 Å². The Hall–Kier alpha value is -1.53. The highest BCUT2D eigenvalue weighted by atomic mass is 35.5. The lowest BCUT2D eigenvalue weighted by Gasteiger charge is -2.12. The first-order valence-corrected chi connectivity index (χ1v) is 11.7. The van der Waals surface area contributed by atoms with Gasteiger partial charge in [0.2, 0.25) is 16.4 Å². The van der Waals surface area contributed by atoms with Gasteiger partial charge in [0, 0.05) is 6.42 Å². The number of hydrogen-bond donors (Lipinski definition) is 1. The van der Waals surface area contributed by atoms with Crippen LogP contribution in [-0.2, 0) is 23.1 Å². The molecule has 1 N–H and O–H groups in total. The number of aryl methyl sites for hydroxylation is 4. The second kappa shape index (κ2) is 12.1. The fraction of sp³-hybridized carbons (Fsp3) is 0.571. The van der Waals surface area contributed by atoms with E-state index >= 15 is 0 Å². The SMILES string of the molecule is CCCCCCCn1cc[n+](CCCS(=O)(=O)Nc2c(C)cccc2C)c1.[Cl-]. The van der Waals surface area contributed by atoms with Crippen molar-refractivity contribution in [3.05, 3.63) is 48.0 Å². The summed E-state index contributed by atoms with van der Waals surface area (Å²) in [6, 6.07) is 5.78. The third kappa shape index (κ3) is 8.23. The number of para-hydroxylation sites is 1. The number of rotatable bonds is 12. The van der Waals surface area contributed by atoms with Crippen molar-refractivity contribution in [3.63, 3.8) is 0 Å². The molecule has 0 spiro atoms. The number of benzene rings is 1. The minimum atomic E-state index is -3.34. The van der Waals surface area contributed by atoms with Gasteiger partial charge in [-0.15, -0.1) is 0 Å². The highest BCUT2D eigenvalue weighted by Crippen LogP contribution is 2.20. The van der Waals surface area contributed by atoms with Crippen LogP contribution in [0.2, 0.25) is 0 Å². The van der Waals surface area contributed by atoms with E-state index in [0.29, 0.717) is 18.7 Å². The molecule has 0 unspecified atom stereocenters. The van der Waals surface area contributed by atoms with E-state index in [1.165, 1.54) is 32.1 Å². The molecule has 0 aliphatic rings. The molecule has 158 valence electrons. The molecule has 0 radical (unpaired) electrons. The van der Waals surface area contributed by atoms with Crippen molar-refractivity contribution in [2.24, 2.45) is 0 Å². The van der Waals surface area contributed by atoms with Gasteiger partial charge in [-0.25, -0.2) is 17.6 Å². The van der Waals surface area contributed by atoms with Crippen molar-refractivity contribution >= 4 is 15.7 Å². The second-order valence-corrected chi connectivity index (χ2v) is 9.19. The van der Waals surface area contributed by atoms with Gasteiger partial charge in [-0.2, -0.15) is 0 Å². The van der Waals surface area contributed by atoms with Gasteiger partial charge in [-0.1, -0.05) is 44.4 Å². The number of nitrogens with zero attached hydrogens (tertiary/aromatic N) is 2. The van der Waals surface area contributed by atoms with E-state index in [2.05, 4.69) is 33.3 Å². The number of imidazole rings is 1. The van der Waals surface area contributed by atoms with Crippen LogP contribution in [0, 0.1) is 13.8 Å². The van der Waals surface area contributed by atoms with E-state index in [0.717, 1.165) is 17.7 Å². The summed E-state index contributed by atoms with van der Waals surface area (Å²) in [5.74, 6) is 0.121. The zero-order valence-electron chi connectivity index (χ0n) is 17.3. The minimum Gasteiger partial charge on any atom is -1.00 e. The summed E-state index contributed by atoms with van der Waals surface area (Å²) >= 11 is 0. The van der Waals surface area contributed by atoms with Crippen LogP contribution in [0.5, 0.6) is 0 Å². The first-order valence-electron chi connectivity index (χ1n) is 10.0. The molecule has 0 fully saturated rings. The van der Waals surface area contributed by atoms with E-state index in [4.69, 9.17) is 0 Å². The molecule has 0 amide bonds. The molecule has 1 aromatic carbocycles. The monoisotopic (exact) mass is 427 g/mol. The summed E-state index contributed by atoms with van der Waals surface area (Å²) in [7, 11) is -3.34. The highest BCUT2D eigenvalue weighted by molar-refractivity contribution is 7.92. The fourth-order valence-electron chi connectivity index (χ4n) is 3.22. The van der Waals surface area contributed by atoms with Crippen LogP contribution in [0.25, 0.3) is 0 Å². The summed E-state index contributed by atoms with van der Waals surface area (Å²) in [6.45, 7) is 7.81. The van der Waals surface area contributed by atoms with Gasteiger partial charge in [-0.05, 0) is 37.8 Å². The third-order valence-corrected chi connectivity index (χ3v) is 6.18. The van der Waals surface area contributed by atoms with E-state index in [-0.39, 0.29) is 18.2 Å². The second-order valence-electron chi connectivity index (χ2n) is 7.34. The number of unbranched alkanes of at least 4 members (excludes halogenated alkanes) is 4. The van der Waals surface area contributed by atoms with Gasteiger partial charge in [0.05, 0.1) is 24.5 Å². The number of hydrogen-bond acceptors (Lipinski definition) is 2. The summed E-state index contributed by atoms with van der Waals surface area (Å²) in [6.07, 6.45) is 13.1. The Morgan fingerprint density at radius 2 is 1.71 bits per heavy atom. The zero-order valence-corrected chi connectivity index (χ0v) is 18.9. The van der Waals surface area contributed by atoms with Crippen molar-refractivity contribution in [2.75, 3.05) is 10.5 Å². The van der Waals surface area contributed by atoms with Crippen molar-refractivity contribution in [3.8, 4) is 0 Å². The molecule has 0 aliphatic carbocycles. The van der Waals surface area contributed by atoms with Gasteiger partial charge in [-0.3, -0.25) is 4.72 Å². The molecule has 5 nitrogen and oxygen atoms in total. The van der Waals surface area contributed by atoms with Crippen LogP contribution < -0.4 is 21.7 Å². The molecule has 0 bridgehead atoms. The van der Waals surface area contributed by atoms with Gasteiger partial charge < -0.3 is 12.4 Å². The standard InChI is InChI=1S/C21H34N3O2S.ClH/c1-4-5-6-7-8-13-23-15-16-24(18-23)14-10-17-27(25,26)22-21-19(2)11-9-12-20(21)3;/h9,11-12,15-16,18,22H,4-8,10,13-14,17H2,1-3H3;1H/q+1;/p-1. The number of aromatic nitrogens is 2. The maximum Gasteiger partial charge on any atom is 0.243 e. The third-order valence-electron chi connectivity index (χ3n) is 4.83. The Balaban J connectivity index is 0.00000392. The average Bonchev–Trinajstić information content (AvgIpc) is 3.06. The molecule has 0 aliphatic heterocycles. The predicted molar refractivity (Wildman–Crippen MR) is 111 cm³/mol. The Bertz CT molecular complexity index is 799. The molecular weight excluding hydrogens is 394 g/mol. The maximum absolute atomic E-state index is 12.4. The van der Waals surface area contributed by atoms with Crippen LogP contribution in [-0.4, -0.2) is 18.7 Å². The lowest BCUT2D eigenvalue weighted by Crippen LogP contribution is -3.00. The summed E-state index contributed by atoms with van der Waals surface area (Å²) < 4.78 is 31.8. The topological polar surface area (TPSA) is 55.0 Å². The number of anilines is 1. The zero-order chi connectivity index (χ0) is 19.7. The van der Waals surface area contributed by atoms with Crippen molar-refractivity contribution in [2.45, 2.75) is 72.4 Å². The van der Waals surface area contributed by atoms with Crippen molar-refractivity contribution in [1.29, 1.82) is 0 Å². The first-order chi connectivity index (χ1) is 12.9. The van der Waals surface area contributed by atoms with Crippen molar-refractivity contribution < 1.29 is 25.4 Å². The Labute approximate surface area is 176 Å². The highest BCUT2D eigenvalue weighted by Gasteiger charge is 2.14. The Morgan fingerprint density at radius 1 is 1.04 bits per heavy atom. The molecule has 28 heavy (non-hydrogen) atoms. The van der Waals surface area contributed by atoms with Crippen molar-refractivity contribution in [1.82, 2.24) is 4.57 Å². The van der Waals surface area contributed by atoms with Crippen LogP contribution >= 0.6 is 0 Å². The minimum absolute atomic E-state index is 0. The molecule has 0 saturated heterocycles. The molecule has 2 rings (SSSR count). The van der Waals surface area contributed by atoms with Gasteiger partial charge in [0.25, 0.3) is 0 Å². The van der Waals surface area contributed by atoms with E-state index < -0.39 is 10.0 Å². The smallest absolute Gasteiger partial charge is 0.243 e.